The SMILES string of the molecule is CC(C)c1ccccc1OCC(O)CSc1nncn1C(C)C. The van der Waals surface area contributed by atoms with Crippen molar-refractivity contribution in [2.75, 3.05) is 12.4 Å². The maximum atomic E-state index is 10.2. The predicted molar refractivity (Wildman–Crippen MR) is 93.2 cm³/mol. The van der Waals surface area contributed by atoms with E-state index in [1.165, 1.54) is 11.8 Å². The van der Waals surface area contributed by atoms with Gasteiger partial charge in [0.1, 0.15) is 18.7 Å². The second kappa shape index (κ2) is 8.36. The van der Waals surface area contributed by atoms with Crippen molar-refractivity contribution in [3.05, 3.63) is 36.2 Å². The van der Waals surface area contributed by atoms with Crippen LogP contribution in [0.25, 0.3) is 0 Å². The van der Waals surface area contributed by atoms with Gasteiger partial charge < -0.3 is 14.4 Å². The molecule has 1 atom stereocenters. The first kappa shape index (κ1) is 17.8. The number of ether oxygens (including phenoxy) is 1. The lowest BCUT2D eigenvalue weighted by atomic mass is 10.0. The van der Waals surface area contributed by atoms with Crippen molar-refractivity contribution in [3.8, 4) is 5.75 Å². The topological polar surface area (TPSA) is 60.2 Å². The average Bonchev–Trinajstić information content (AvgIpc) is 3.00. The van der Waals surface area contributed by atoms with Crippen LogP contribution in [0.2, 0.25) is 0 Å². The molecule has 2 rings (SSSR count). The van der Waals surface area contributed by atoms with Crippen LogP contribution in [0.1, 0.15) is 45.2 Å². The predicted octanol–water partition coefficient (Wildman–Crippen LogP) is 3.51. The second-order valence-corrected chi connectivity index (χ2v) is 7.07. The van der Waals surface area contributed by atoms with E-state index in [9.17, 15) is 5.11 Å². The highest BCUT2D eigenvalue weighted by molar-refractivity contribution is 7.99. The number of nitrogens with zero attached hydrogens (tertiary/aromatic N) is 3. The van der Waals surface area contributed by atoms with Gasteiger partial charge in [0.05, 0.1) is 6.10 Å². The fourth-order valence-corrected chi connectivity index (χ4v) is 3.13. The molecule has 0 aliphatic rings. The molecule has 0 radical (unpaired) electrons. The number of hydrogen-bond acceptors (Lipinski definition) is 5. The van der Waals surface area contributed by atoms with Crippen LogP contribution < -0.4 is 4.74 Å². The summed E-state index contributed by atoms with van der Waals surface area (Å²) in [4.78, 5) is 0. The Bertz CT molecular complexity index is 613. The first-order chi connectivity index (χ1) is 11.0. The second-order valence-electron chi connectivity index (χ2n) is 6.08. The third kappa shape index (κ3) is 4.97. The molecule has 1 aromatic heterocycles. The van der Waals surface area contributed by atoms with E-state index in [0.717, 1.165) is 16.5 Å². The summed E-state index contributed by atoms with van der Waals surface area (Å²) in [5.74, 6) is 1.76. The Morgan fingerprint density at radius 1 is 1.22 bits per heavy atom. The molecule has 1 unspecified atom stereocenters. The zero-order valence-corrected chi connectivity index (χ0v) is 15.0. The number of benzene rings is 1. The van der Waals surface area contributed by atoms with E-state index in [1.54, 1.807) is 6.33 Å². The molecular weight excluding hydrogens is 310 g/mol. The van der Waals surface area contributed by atoms with Crippen LogP contribution in [-0.4, -0.2) is 38.3 Å². The normalized spacial score (nSPS) is 12.8. The summed E-state index contributed by atoms with van der Waals surface area (Å²) in [6, 6.07) is 8.27. The summed E-state index contributed by atoms with van der Waals surface area (Å²) in [5.41, 5.74) is 1.16. The fraction of sp³-hybridized carbons (Fsp3) is 0.529. The van der Waals surface area contributed by atoms with Gasteiger partial charge in [-0.3, -0.25) is 0 Å². The van der Waals surface area contributed by atoms with Crippen LogP contribution in [0.4, 0.5) is 0 Å². The summed E-state index contributed by atoms with van der Waals surface area (Å²) in [6.07, 6.45) is 1.16. The number of aromatic nitrogens is 3. The van der Waals surface area contributed by atoms with E-state index in [0.29, 0.717) is 17.7 Å². The smallest absolute Gasteiger partial charge is 0.191 e. The minimum atomic E-state index is -0.558. The van der Waals surface area contributed by atoms with Crippen molar-refractivity contribution in [1.82, 2.24) is 14.8 Å². The lowest BCUT2D eigenvalue weighted by molar-refractivity contribution is 0.125. The van der Waals surface area contributed by atoms with Gasteiger partial charge in [-0.15, -0.1) is 10.2 Å². The molecule has 0 saturated heterocycles. The molecule has 0 amide bonds. The first-order valence-corrected chi connectivity index (χ1v) is 8.89. The van der Waals surface area contributed by atoms with Gasteiger partial charge in [0.25, 0.3) is 0 Å². The molecule has 2 aromatic rings. The average molecular weight is 335 g/mol. The van der Waals surface area contributed by atoms with E-state index >= 15 is 0 Å². The molecule has 0 aliphatic carbocycles. The molecule has 1 heterocycles. The highest BCUT2D eigenvalue weighted by atomic mass is 32.2. The number of aliphatic hydroxyl groups excluding tert-OH is 1. The number of para-hydroxylation sites is 1. The Kier molecular flexibility index (Phi) is 6.47. The van der Waals surface area contributed by atoms with Crippen molar-refractivity contribution >= 4 is 11.8 Å². The van der Waals surface area contributed by atoms with Crippen LogP contribution in [0.3, 0.4) is 0 Å². The van der Waals surface area contributed by atoms with Crippen LogP contribution in [-0.2, 0) is 0 Å². The van der Waals surface area contributed by atoms with Crippen molar-refractivity contribution in [2.45, 2.75) is 50.9 Å². The van der Waals surface area contributed by atoms with Crippen LogP contribution in [0.15, 0.2) is 35.7 Å². The molecule has 5 nitrogen and oxygen atoms in total. The van der Waals surface area contributed by atoms with E-state index in [4.69, 9.17) is 4.74 Å². The Hall–Kier alpha value is -1.53. The molecule has 0 aliphatic heterocycles. The number of thioether (sulfide) groups is 1. The summed E-state index contributed by atoms with van der Waals surface area (Å²) >= 11 is 1.50. The third-order valence-corrected chi connectivity index (χ3v) is 4.58. The van der Waals surface area contributed by atoms with Crippen molar-refractivity contribution in [1.29, 1.82) is 0 Å². The van der Waals surface area contributed by atoms with Crippen molar-refractivity contribution < 1.29 is 9.84 Å². The van der Waals surface area contributed by atoms with Gasteiger partial charge in [-0.05, 0) is 31.4 Å². The molecule has 1 N–H and O–H groups in total. The Balaban J connectivity index is 1.86. The molecule has 0 spiro atoms. The van der Waals surface area contributed by atoms with Crippen LogP contribution >= 0.6 is 11.8 Å². The zero-order valence-electron chi connectivity index (χ0n) is 14.1. The summed E-state index contributed by atoms with van der Waals surface area (Å²) in [6.45, 7) is 8.69. The number of rotatable bonds is 8. The first-order valence-electron chi connectivity index (χ1n) is 7.91. The molecule has 0 fully saturated rings. The lowest BCUT2D eigenvalue weighted by Crippen LogP contribution is -2.21. The van der Waals surface area contributed by atoms with E-state index in [1.807, 2.05) is 22.8 Å². The highest BCUT2D eigenvalue weighted by Gasteiger charge is 2.13. The molecule has 6 heteroatoms. The molecule has 0 bridgehead atoms. The molecule has 23 heavy (non-hydrogen) atoms. The molecule has 126 valence electrons. The third-order valence-electron chi connectivity index (χ3n) is 3.47. The van der Waals surface area contributed by atoms with Gasteiger partial charge in [0.2, 0.25) is 0 Å². The number of aliphatic hydroxyl groups is 1. The highest BCUT2D eigenvalue weighted by Crippen LogP contribution is 2.26. The van der Waals surface area contributed by atoms with Crippen LogP contribution in [0, 0.1) is 0 Å². The van der Waals surface area contributed by atoms with Crippen molar-refractivity contribution in [2.24, 2.45) is 0 Å². The minimum Gasteiger partial charge on any atom is -0.491 e. The molecule has 0 saturated carbocycles. The van der Waals surface area contributed by atoms with Gasteiger partial charge in [0.15, 0.2) is 5.16 Å². The zero-order chi connectivity index (χ0) is 16.8. The maximum Gasteiger partial charge on any atom is 0.191 e. The van der Waals surface area contributed by atoms with Gasteiger partial charge >= 0.3 is 0 Å². The van der Waals surface area contributed by atoms with Gasteiger partial charge in [-0.1, -0.05) is 43.8 Å². The standard InChI is InChI=1S/C17H25N3O2S/c1-12(2)15-7-5-6-8-16(15)22-9-14(21)10-23-17-19-18-11-20(17)13(3)4/h5-8,11-14,21H,9-10H2,1-4H3. The Morgan fingerprint density at radius 3 is 2.65 bits per heavy atom. The van der Waals surface area contributed by atoms with Crippen LogP contribution in [0.5, 0.6) is 5.75 Å². The number of hydrogen-bond donors (Lipinski definition) is 1. The largest absolute Gasteiger partial charge is 0.491 e. The van der Waals surface area contributed by atoms with Gasteiger partial charge in [-0.25, -0.2) is 0 Å². The molecular formula is C17H25N3O2S. The van der Waals surface area contributed by atoms with Crippen molar-refractivity contribution in [3.63, 3.8) is 0 Å². The fourth-order valence-electron chi connectivity index (χ4n) is 2.18. The van der Waals surface area contributed by atoms with E-state index < -0.39 is 6.10 Å². The Labute approximate surface area is 142 Å². The minimum absolute atomic E-state index is 0.270. The summed E-state index contributed by atoms with van der Waals surface area (Å²) in [5, 5.41) is 19.0. The maximum absolute atomic E-state index is 10.2. The van der Waals surface area contributed by atoms with E-state index in [-0.39, 0.29) is 6.61 Å². The van der Waals surface area contributed by atoms with Gasteiger partial charge in [-0.2, -0.15) is 0 Å². The monoisotopic (exact) mass is 335 g/mol. The van der Waals surface area contributed by atoms with Gasteiger partial charge in [0, 0.05) is 11.8 Å². The quantitative estimate of drug-likeness (QED) is 0.748. The Morgan fingerprint density at radius 2 is 1.96 bits per heavy atom. The summed E-state index contributed by atoms with van der Waals surface area (Å²) < 4.78 is 7.79. The lowest BCUT2D eigenvalue weighted by Gasteiger charge is -2.16. The molecule has 1 aromatic carbocycles. The summed E-state index contributed by atoms with van der Waals surface area (Å²) in [7, 11) is 0. The van der Waals surface area contributed by atoms with E-state index in [2.05, 4.69) is 44.0 Å².